The van der Waals surface area contributed by atoms with Crippen molar-refractivity contribution in [3.8, 4) is 6.07 Å². The molecule has 6 heteroatoms. The van der Waals surface area contributed by atoms with Gasteiger partial charge < -0.3 is 15.7 Å². The largest absolute Gasteiger partial charge is 0.465 e. The lowest BCUT2D eigenvalue weighted by Gasteiger charge is -1.99. The molecule has 0 heterocycles. The van der Waals surface area contributed by atoms with Crippen LogP contribution in [0.1, 0.15) is 6.42 Å². The highest BCUT2D eigenvalue weighted by molar-refractivity contribution is 5.76. The van der Waals surface area contributed by atoms with Gasteiger partial charge in [0.25, 0.3) is 0 Å². The highest BCUT2D eigenvalue weighted by atomic mass is 16.4. The van der Waals surface area contributed by atoms with Crippen LogP contribution < -0.4 is 10.6 Å². The van der Waals surface area contributed by atoms with Gasteiger partial charge in [-0.15, -0.1) is 0 Å². The number of nitrogens with one attached hydrogen (secondary N) is 2. The van der Waals surface area contributed by atoms with Crippen LogP contribution in [0.25, 0.3) is 0 Å². The molecule has 0 aromatic heterocycles. The molecule has 66 valence electrons. The molecule has 0 aliphatic heterocycles. The van der Waals surface area contributed by atoms with Crippen molar-refractivity contribution in [2.75, 3.05) is 13.1 Å². The predicted octanol–water partition coefficient (Wildman–Crippen LogP) is -0.716. The lowest BCUT2D eigenvalue weighted by Crippen LogP contribution is -2.29. The summed E-state index contributed by atoms with van der Waals surface area (Å²) in [5.74, 6) is -0.342. The standard InChI is InChI=1S/C6H9N3O3/c7-2-4-8-5(10)1-3-9-6(11)12/h9H,1,3-4H2,(H,8,10)(H,11,12). The van der Waals surface area contributed by atoms with Gasteiger partial charge >= 0.3 is 6.09 Å². The molecule has 0 unspecified atom stereocenters. The molecule has 0 radical (unpaired) electrons. The minimum atomic E-state index is -1.16. The fourth-order valence-corrected chi connectivity index (χ4v) is 0.509. The van der Waals surface area contributed by atoms with Crippen LogP contribution in [0.4, 0.5) is 4.79 Å². The van der Waals surface area contributed by atoms with Gasteiger partial charge in [-0.1, -0.05) is 0 Å². The van der Waals surface area contributed by atoms with E-state index in [9.17, 15) is 9.59 Å². The Morgan fingerprint density at radius 1 is 1.42 bits per heavy atom. The van der Waals surface area contributed by atoms with Gasteiger partial charge in [0.1, 0.15) is 6.54 Å². The third-order valence-corrected chi connectivity index (χ3v) is 0.993. The summed E-state index contributed by atoms with van der Waals surface area (Å²) >= 11 is 0. The van der Waals surface area contributed by atoms with Crippen LogP contribution in [0, 0.1) is 11.3 Å². The molecule has 0 aromatic carbocycles. The summed E-state index contributed by atoms with van der Waals surface area (Å²) in [5.41, 5.74) is 0. The Morgan fingerprint density at radius 3 is 2.58 bits per heavy atom. The molecule has 0 atom stereocenters. The molecule has 0 bridgehead atoms. The topological polar surface area (TPSA) is 102 Å². The third kappa shape index (κ3) is 6.35. The van der Waals surface area contributed by atoms with Crippen LogP contribution in [-0.2, 0) is 4.79 Å². The lowest BCUT2D eigenvalue weighted by atomic mass is 10.4. The van der Waals surface area contributed by atoms with Crippen LogP contribution >= 0.6 is 0 Å². The highest BCUT2D eigenvalue weighted by Crippen LogP contribution is 1.76. The van der Waals surface area contributed by atoms with Gasteiger partial charge in [-0.05, 0) is 0 Å². The molecule has 0 rings (SSSR count). The summed E-state index contributed by atoms with van der Waals surface area (Å²) in [7, 11) is 0. The summed E-state index contributed by atoms with van der Waals surface area (Å²) in [6, 6.07) is 1.73. The molecule has 12 heavy (non-hydrogen) atoms. The van der Waals surface area contributed by atoms with E-state index in [4.69, 9.17) is 10.4 Å². The van der Waals surface area contributed by atoms with Crippen LogP contribution in [0.3, 0.4) is 0 Å². The summed E-state index contributed by atoms with van der Waals surface area (Å²) in [4.78, 5) is 20.6. The zero-order valence-electron chi connectivity index (χ0n) is 6.33. The van der Waals surface area contributed by atoms with E-state index in [1.54, 1.807) is 6.07 Å². The smallest absolute Gasteiger partial charge is 0.404 e. The first kappa shape index (κ1) is 10.2. The quantitative estimate of drug-likeness (QED) is 0.486. The Balaban J connectivity index is 3.33. The monoisotopic (exact) mass is 171 g/mol. The number of carbonyl (C=O) groups is 2. The van der Waals surface area contributed by atoms with Gasteiger partial charge in [-0.25, -0.2) is 4.79 Å². The first-order valence-electron chi connectivity index (χ1n) is 3.27. The fraction of sp³-hybridized carbons (Fsp3) is 0.500. The molecule has 2 amide bonds. The Hall–Kier alpha value is -1.77. The van der Waals surface area contributed by atoms with Crippen molar-refractivity contribution in [1.29, 1.82) is 5.26 Å². The molecule has 3 N–H and O–H groups in total. The maximum atomic E-state index is 10.7. The van der Waals surface area contributed by atoms with E-state index >= 15 is 0 Å². The van der Waals surface area contributed by atoms with Crippen LogP contribution in [0.5, 0.6) is 0 Å². The van der Waals surface area contributed by atoms with Crippen molar-refractivity contribution in [2.24, 2.45) is 0 Å². The maximum absolute atomic E-state index is 10.7. The molecule has 0 aliphatic carbocycles. The van der Waals surface area contributed by atoms with E-state index in [-0.39, 0.29) is 25.4 Å². The highest BCUT2D eigenvalue weighted by Gasteiger charge is 2.00. The maximum Gasteiger partial charge on any atom is 0.404 e. The first-order chi connectivity index (χ1) is 5.66. The molecule has 0 aromatic rings. The Labute approximate surface area is 69.2 Å². The number of hydrogen-bond donors (Lipinski definition) is 3. The van der Waals surface area contributed by atoms with Crippen molar-refractivity contribution >= 4 is 12.0 Å². The van der Waals surface area contributed by atoms with Crippen LogP contribution in [0.2, 0.25) is 0 Å². The number of hydrogen-bond acceptors (Lipinski definition) is 3. The molecule has 6 nitrogen and oxygen atoms in total. The number of carboxylic acid groups (broad SMARTS) is 1. The Kier molecular flexibility index (Phi) is 5.09. The first-order valence-corrected chi connectivity index (χ1v) is 3.27. The minimum Gasteiger partial charge on any atom is -0.465 e. The normalized spacial score (nSPS) is 8.25. The molecule has 0 saturated carbocycles. The minimum absolute atomic E-state index is 0.0496. The molecule has 0 fully saturated rings. The molecular weight excluding hydrogens is 162 g/mol. The summed E-state index contributed by atoms with van der Waals surface area (Å²) in [5, 5.41) is 20.5. The van der Waals surface area contributed by atoms with E-state index in [0.717, 1.165) is 0 Å². The number of nitrogens with zero attached hydrogens (tertiary/aromatic N) is 1. The second kappa shape index (κ2) is 5.97. The predicted molar refractivity (Wildman–Crippen MR) is 39.3 cm³/mol. The SMILES string of the molecule is N#CCNC(=O)CCNC(=O)O. The second-order valence-corrected chi connectivity index (χ2v) is 1.92. The van der Waals surface area contributed by atoms with Crippen molar-refractivity contribution in [1.82, 2.24) is 10.6 Å². The van der Waals surface area contributed by atoms with Crippen molar-refractivity contribution in [3.05, 3.63) is 0 Å². The van der Waals surface area contributed by atoms with Crippen LogP contribution in [-0.4, -0.2) is 30.2 Å². The van der Waals surface area contributed by atoms with Crippen molar-refractivity contribution < 1.29 is 14.7 Å². The van der Waals surface area contributed by atoms with E-state index in [2.05, 4.69) is 5.32 Å². The zero-order valence-corrected chi connectivity index (χ0v) is 6.33. The zero-order chi connectivity index (χ0) is 9.40. The van der Waals surface area contributed by atoms with Gasteiger partial charge in [0.05, 0.1) is 6.07 Å². The van der Waals surface area contributed by atoms with Gasteiger partial charge in [-0.2, -0.15) is 5.26 Å². The van der Waals surface area contributed by atoms with E-state index < -0.39 is 6.09 Å². The van der Waals surface area contributed by atoms with Crippen molar-refractivity contribution in [2.45, 2.75) is 6.42 Å². The van der Waals surface area contributed by atoms with Gasteiger partial charge in [0, 0.05) is 13.0 Å². The average molecular weight is 171 g/mol. The number of rotatable bonds is 4. The van der Waals surface area contributed by atoms with Gasteiger partial charge in [-0.3, -0.25) is 4.79 Å². The Morgan fingerprint density at radius 2 is 2.08 bits per heavy atom. The second-order valence-electron chi connectivity index (χ2n) is 1.92. The van der Waals surface area contributed by atoms with E-state index in [1.165, 1.54) is 0 Å². The van der Waals surface area contributed by atoms with Crippen LogP contribution in [0.15, 0.2) is 0 Å². The molecule has 0 saturated heterocycles. The molecule has 0 spiro atoms. The number of carbonyl (C=O) groups excluding carboxylic acids is 1. The average Bonchev–Trinajstić information content (AvgIpc) is 2.00. The summed E-state index contributed by atoms with van der Waals surface area (Å²) < 4.78 is 0. The van der Waals surface area contributed by atoms with Gasteiger partial charge in [0.15, 0.2) is 0 Å². The Bertz CT molecular complexity index is 209. The fourth-order valence-electron chi connectivity index (χ4n) is 0.509. The summed E-state index contributed by atoms with van der Waals surface area (Å²) in [6.07, 6.45) is -1.11. The van der Waals surface area contributed by atoms with Gasteiger partial charge in [0.2, 0.25) is 5.91 Å². The third-order valence-electron chi connectivity index (χ3n) is 0.993. The summed E-state index contributed by atoms with van der Waals surface area (Å²) in [6.45, 7) is 0.0124. The number of nitriles is 1. The number of amides is 2. The van der Waals surface area contributed by atoms with Crippen molar-refractivity contribution in [3.63, 3.8) is 0 Å². The lowest BCUT2D eigenvalue weighted by molar-refractivity contribution is -0.120. The van der Waals surface area contributed by atoms with E-state index in [1.807, 2.05) is 5.32 Å². The molecular formula is C6H9N3O3. The molecule has 0 aliphatic rings. The van der Waals surface area contributed by atoms with E-state index in [0.29, 0.717) is 0 Å².